The highest BCUT2D eigenvalue weighted by Crippen LogP contribution is 2.26. The quantitative estimate of drug-likeness (QED) is 0.723. The fourth-order valence-corrected chi connectivity index (χ4v) is 1.40. The van der Waals surface area contributed by atoms with Crippen LogP contribution in [-0.2, 0) is 11.3 Å². The summed E-state index contributed by atoms with van der Waals surface area (Å²) in [5.41, 5.74) is 0.740. The van der Waals surface area contributed by atoms with Crippen LogP contribution in [-0.4, -0.2) is 12.1 Å². The molecule has 0 aliphatic heterocycles. The molecule has 0 aliphatic rings. The van der Waals surface area contributed by atoms with Crippen molar-refractivity contribution in [3.8, 4) is 0 Å². The van der Waals surface area contributed by atoms with E-state index in [1.807, 2.05) is 0 Å². The Morgan fingerprint density at radius 3 is 2.67 bits per heavy atom. The SMILES string of the molecule is COCc1cc(Cl)nc(Cl)c1Cl. The van der Waals surface area contributed by atoms with Crippen LogP contribution in [0.25, 0.3) is 0 Å². The Morgan fingerprint density at radius 1 is 1.42 bits per heavy atom. The normalized spacial score (nSPS) is 10.3. The Bertz CT molecular complexity index is 290. The highest BCUT2D eigenvalue weighted by molar-refractivity contribution is 6.42. The van der Waals surface area contributed by atoms with E-state index in [1.165, 1.54) is 0 Å². The molecule has 1 aromatic heterocycles. The molecule has 0 aromatic carbocycles. The lowest BCUT2D eigenvalue weighted by Gasteiger charge is -2.04. The van der Waals surface area contributed by atoms with Crippen LogP contribution < -0.4 is 0 Å². The minimum Gasteiger partial charge on any atom is -0.380 e. The summed E-state index contributed by atoms with van der Waals surface area (Å²) < 4.78 is 4.89. The van der Waals surface area contributed by atoms with Crippen molar-refractivity contribution >= 4 is 34.8 Å². The number of ether oxygens (including phenoxy) is 1. The van der Waals surface area contributed by atoms with Gasteiger partial charge in [-0.25, -0.2) is 4.98 Å². The molecule has 66 valence electrons. The lowest BCUT2D eigenvalue weighted by molar-refractivity contribution is 0.185. The fourth-order valence-electron chi connectivity index (χ4n) is 0.775. The van der Waals surface area contributed by atoms with E-state index in [0.29, 0.717) is 16.8 Å². The minimum absolute atomic E-state index is 0.205. The Labute approximate surface area is 85.4 Å². The lowest BCUT2D eigenvalue weighted by atomic mass is 10.3. The van der Waals surface area contributed by atoms with E-state index in [1.54, 1.807) is 13.2 Å². The number of rotatable bonds is 2. The Kier molecular flexibility index (Phi) is 3.59. The maximum absolute atomic E-state index is 5.81. The van der Waals surface area contributed by atoms with Crippen LogP contribution in [0.3, 0.4) is 0 Å². The second-order valence-electron chi connectivity index (χ2n) is 2.14. The van der Waals surface area contributed by atoms with Crippen molar-refractivity contribution in [2.45, 2.75) is 6.61 Å². The van der Waals surface area contributed by atoms with Crippen molar-refractivity contribution in [1.82, 2.24) is 4.98 Å². The first kappa shape index (κ1) is 10.1. The third-order valence-corrected chi connectivity index (χ3v) is 2.25. The standard InChI is InChI=1S/C7H6Cl3NO/c1-12-3-4-2-5(8)11-7(10)6(4)9/h2H,3H2,1H3. The van der Waals surface area contributed by atoms with Gasteiger partial charge in [0.2, 0.25) is 0 Å². The first-order valence-corrected chi connectivity index (χ1v) is 4.28. The van der Waals surface area contributed by atoms with E-state index in [4.69, 9.17) is 39.5 Å². The molecule has 0 saturated heterocycles. The van der Waals surface area contributed by atoms with Crippen molar-refractivity contribution in [1.29, 1.82) is 0 Å². The first-order valence-electron chi connectivity index (χ1n) is 3.14. The fraction of sp³-hybridized carbons (Fsp3) is 0.286. The Hall–Kier alpha value is -0.0200. The molecule has 0 spiro atoms. The van der Waals surface area contributed by atoms with Gasteiger partial charge in [-0.3, -0.25) is 0 Å². The van der Waals surface area contributed by atoms with E-state index in [-0.39, 0.29) is 5.15 Å². The molecule has 12 heavy (non-hydrogen) atoms. The molecule has 0 N–H and O–H groups in total. The summed E-state index contributed by atoms with van der Waals surface area (Å²) in [6, 6.07) is 1.62. The maximum Gasteiger partial charge on any atom is 0.149 e. The molecule has 0 fully saturated rings. The third-order valence-electron chi connectivity index (χ3n) is 1.26. The van der Waals surface area contributed by atoms with Crippen LogP contribution in [0.1, 0.15) is 5.56 Å². The van der Waals surface area contributed by atoms with E-state index < -0.39 is 0 Å². The summed E-state index contributed by atoms with van der Waals surface area (Å²) >= 11 is 17.1. The number of hydrogen-bond donors (Lipinski definition) is 0. The zero-order chi connectivity index (χ0) is 9.14. The van der Waals surface area contributed by atoms with Crippen molar-refractivity contribution in [3.05, 3.63) is 27.0 Å². The number of pyridine rings is 1. The van der Waals surface area contributed by atoms with Gasteiger partial charge in [-0.2, -0.15) is 0 Å². The van der Waals surface area contributed by atoms with Crippen LogP contribution in [0.15, 0.2) is 6.07 Å². The van der Waals surface area contributed by atoms with Crippen molar-refractivity contribution in [3.63, 3.8) is 0 Å². The lowest BCUT2D eigenvalue weighted by Crippen LogP contribution is -1.91. The zero-order valence-corrected chi connectivity index (χ0v) is 8.54. The second-order valence-corrected chi connectivity index (χ2v) is 3.27. The largest absolute Gasteiger partial charge is 0.380 e. The first-order chi connectivity index (χ1) is 5.65. The molecule has 5 heteroatoms. The van der Waals surface area contributed by atoms with Gasteiger partial charge in [0.25, 0.3) is 0 Å². The number of hydrogen-bond acceptors (Lipinski definition) is 2. The van der Waals surface area contributed by atoms with Gasteiger partial charge in [0.05, 0.1) is 11.6 Å². The van der Waals surface area contributed by atoms with E-state index >= 15 is 0 Å². The Balaban J connectivity index is 3.09. The molecule has 1 rings (SSSR count). The van der Waals surface area contributed by atoms with Crippen LogP contribution in [0, 0.1) is 0 Å². The molecule has 1 aromatic rings. The van der Waals surface area contributed by atoms with Gasteiger partial charge in [0.1, 0.15) is 10.3 Å². The zero-order valence-electron chi connectivity index (χ0n) is 6.27. The van der Waals surface area contributed by atoms with Crippen LogP contribution >= 0.6 is 34.8 Å². The molecule has 0 amide bonds. The third kappa shape index (κ3) is 2.23. The molecule has 1 heterocycles. The average molecular weight is 226 g/mol. The van der Waals surface area contributed by atoms with Crippen LogP contribution in [0.5, 0.6) is 0 Å². The topological polar surface area (TPSA) is 22.1 Å². The molecule has 0 bridgehead atoms. The van der Waals surface area contributed by atoms with Gasteiger partial charge in [0, 0.05) is 12.7 Å². The van der Waals surface area contributed by atoms with Gasteiger partial charge < -0.3 is 4.74 Å². The highest BCUT2D eigenvalue weighted by atomic mass is 35.5. The molecule has 0 atom stereocenters. The molecule has 0 aliphatic carbocycles. The smallest absolute Gasteiger partial charge is 0.149 e. The summed E-state index contributed by atoms with van der Waals surface area (Å²) in [6.45, 7) is 0.376. The summed E-state index contributed by atoms with van der Waals surface area (Å²) in [5.74, 6) is 0. The summed E-state index contributed by atoms with van der Waals surface area (Å²) in [5, 5.41) is 0.913. The second kappa shape index (κ2) is 4.28. The molecule has 2 nitrogen and oxygen atoms in total. The minimum atomic E-state index is 0.205. The monoisotopic (exact) mass is 225 g/mol. The Morgan fingerprint density at radius 2 is 2.08 bits per heavy atom. The molecular weight excluding hydrogens is 220 g/mol. The number of aromatic nitrogens is 1. The molecule has 0 saturated carbocycles. The maximum atomic E-state index is 5.81. The predicted molar refractivity (Wildman–Crippen MR) is 50.0 cm³/mol. The van der Waals surface area contributed by atoms with Gasteiger partial charge >= 0.3 is 0 Å². The molecular formula is C7H6Cl3NO. The molecule has 0 radical (unpaired) electrons. The van der Waals surface area contributed by atoms with Gasteiger partial charge in [-0.15, -0.1) is 0 Å². The summed E-state index contributed by atoms with van der Waals surface area (Å²) in [6.07, 6.45) is 0. The van der Waals surface area contributed by atoms with Gasteiger partial charge in [0.15, 0.2) is 0 Å². The number of halogens is 3. The summed E-state index contributed by atoms with van der Waals surface area (Å²) in [7, 11) is 1.57. The van der Waals surface area contributed by atoms with Gasteiger partial charge in [-0.1, -0.05) is 34.8 Å². The van der Waals surface area contributed by atoms with Gasteiger partial charge in [-0.05, 0) is 6.07 Å². The van der Waals surface area contributed by atoms with Crippen LogP contribution in [0.4, 0.5) is 0 Å². The van der Waals surface area contributed by atoms with Crippen molar-refractivity contribution in [2.24, 2.45) is 0 Å². The highest BCUT2D eigenvalue weighted by Gasteiger charge is 2.07. The van der Waals surface area contributed by atoms with E-state index in [0.717, 1.165) is 5.56 Å². The number of methoxy groups -OCH3 is 1. The summed E-state index contributed by atoms with van der Waals surface area (Å²) in [4.78, 5) is 3.76. The van der Waals surface area contributed by atoms with E-state index in [9.17, 15) is 0 Å². The predicted octanol–water partition coefficient (Wildman–Crippen LogP) is 3.19. The van der Waals surface area contributed by atoms with Crippen LogP contribution in [0.2, 0.25) is 15.3 Å². The van der Waals surface area contributed by atoms with Crippen molar-refractivity contribution < 1.29 is 4.74 Å². The average Bonchev–Trinajstić information content (AvgIpc) is 2.00. The van der Waals surface area contributed by atoms with E-state index in [2.05, 4.69) is 4.98 Å². The van der Waals surface area contributed by atoms with Crippen molar-refractivity contribution in [2.75, 3.05) is 7.11 Å². The number of nitrogens with zero attached hydrogens (tertiary/aromatic N) is 1. The molecule has 0 unspecified atom stereocenters.